The maximum absolute atomic E-state index is 12.3. The standard InChI is InChI=1S/C18H18Cl2N4O2S/c1-9(2)16(25)21-22-17(26)15-7-13-10(3)23-24(18(13)27-15)8-11-4-5-12(19)6-14(11)20/h4-7,9H,8H2,1-3H3,(H,21,25)(H,22,26). The minimum Gasteiger partial charge on any atom is -0.273 e. The zero-order valence-electron chi connectivity index (χ0n) is 15.0. The molecule has 0 atom stereocenters. The SMILES string of the molecule is Cc1nn(Cc2ccc(Cl)cc2Cl)c2sc(C(=O)NNC(=O)C(C)C)cc12. The molecule has 2 aromatic heterocycles. The average molecular weight is 425 g/mol. The summed E-state index contributed by atoms with van der Waals surface area (Å²) < 4.78 is 1.81. The van der Waals surface area contributed by atoms with E-state index >= 15 is 0 Å². The van der Waals surface area contributed by atoms with Crippen molar-refractivity contribution in [2.24, 2.45) is 5.92 Å². The van der Waals surface area contributed by atoms with Crippen molar-refractivity contribution >= 4 is 56.6 Å². The lowest BCUT2D eigenvalue weighted by molar-refractivity contribution is -0.124. The van der Waals surface area contributed by atoms with Gasteiger partial charge in [0.25, 0.3) is 5.91 Å². The lowest BCUT2D eigenvalue weighted by Crippen LogP contribution is -2.43. The van der Waals surface area contributed by atoms with Gasteiger partial charge in [-0.15, -0.1) is 11.3 Å². The van der Waals surface area contributed by atoms with Crippen LogP contribution in [0.1, 0.15) is 34.8 Å². The molecule has 0 bridgehead atoms. The van der Waals surface area contributed by atoms with Crippen LogP contribution in [0.25, 0.3) is 10.2 Å². The number of benzene rings is 1. The topological polar surface area (TPSA) is 76.0 Å². The molecule has 0 saturated carbocycles. The first-order chi connectivity index (χ1) is 12.8. The molecular formula is C18H18Cl2N4O2S. The maximum atomic E-state index is 12.3. The van der Waals surface area contributed by atoms with Crippen LogP contribution in [0.15, 0.2) is 24.3 Å². The molecule has 9 heteroatoms. The van der Waals surface area contributed by atoms with Crippen LogP contribution in [0.2, 0.25) is 10.0 Å². The van der Waals surface area contributed by atoms with Gasteiger partial charge in [-0.05, 0) is 30.7 Å². The number of thiophene rings is 1. The molecule has 6 nitrogen and oxygen atoms in total. The summed E-state index contributed by atoms with van der Waals surface area (Å²) in [7, 11) is 0. The van der Waals surface area contributed by atoms with Crippen molar-refractivity contribution in [3.63, 3.8) is 0 Å². The highest BCUT2D eigenvalue weighted by Crippen LogP contribution is 2.30. The van der Waals surface area contributed by atoms with Gasteiger partial charge in [-0.1, -0.05) is 43.1 Å². The smallest absolute Gasteiger partial charge is 0.273 e. The minimum absolute atomic E-state index is 0.215. The van der Waals surface area contributed by atoms with Crippen molar-refractivity contribution in [1.82, 2.24) is 20.6 Å². The van der Waals surface area contributed by atoms with Crippen molar-refractivity contribution in [2.75, 3.05) is 0 Å². The first kappa shape index (κ1) is 19.7. The number of aryl methyl sites for hydroxylation is 1. The van der Waals surface area contributed by atoms with Gasteiger partial charge in [0.1, 0.15) is 4.83 Å². The number of hydrazine groups is 1. The van der Waals surface area contributed by atoms with E-state index in [4.69, 9.17) is 23.2 Å². The van der Waals surface area contributed by atoms with E-state index in [1.54, 1.807) is 32.0 Å². The van der Waals surface area contributed by atoms with E-state index in [-0.39, 0.29) is 17.7 Å². The van der Waals surface area contributed by atoms with Gasteiger partial charge in [-0.2, -0.15) is 5.10 Å². The molecule has 0 unspecified atom stereocenters. The van der Waals surface area contributed by atoms with Crippen molar-refractivity contribution in [2.45, 2.75) is 27.3 Å². The van der Waals surface area contributed by atoms with Crippen molar-refractivity contribution in [3.8, 4) is 0 Å². The van der Waals surface area contributed by atoms with E-state index in [2.05, 4.69) is 16.0 Å². The zero-order chi connectivity index (χ0) is 19.7. The molecule has 1 aromatic carbocycles. The summed E-state index contributed by atoms with van der Waals surface area (Å²) in [6.07, 6.45) is 0. The average Bonchev–Trinajstić information content (AvgIpc) is 3.16. The number of carbonyl (C=O) groups is 2. The third-order valence-electron chi connectivity index (χ3n) is 3.99. The van der Waals surface area contributed by atoms with Crippen LogP contribution in [-0.2, 0) is 11.3 Å². The molecule has 2 N–H and O–H groups in total. The molecule has 0 aliphatic carbocycles. The second-order valence-electron chi connectivity index (χ2n) is 6.41. The van der Waals surface area contributed by atoms with Crippen LogP contribution in [0.3, 0.4) is 0 Å². The number of rotatable bonds is 4. The van der Waals surface area contributed by atoms with Crippen molar-refractivity contribution in [1.29, 1.82) is 0 Å². The highest BCUT2D eigenvalue weighted by molar-refractivity contribution is 7.20. The molecule has 3 rings (SSSR count). The van der Waals surface area contributed by atoms with Crippen LogP contribution in [0, 0.1) is 12.8 Å². The zero-order valence-corrected chi connectivity index (χ0v) is 17.3. The van der Waals surface area contributed by atoms with E-state index < -0.39 is 0 Å². The number of aromatic nitrogens is 2. The van der Waals surface area contributed by atoms with Crippen LogP contribution in [-0.4, -0.2) is 21.6 Å². The fourth-order valence-corrected chi connectivity index (χ4v) is 3.99. The van der Waals surface area contributed by atoms with Gasteiger partial charge in [0, 0.05) is 21.3 Å². The van der Waals surface area contributed by atoms with Crippen molar-refractivity contribution < 1.29 is 9.59 Å². The lowest BCUT2D eigenvalue weighted by Gasteiger charge is -2.08. The Hall–Kier alpha value is -2.09. The Kier molecular flexibility index (Phi) is 5.74. The largest absolute Gasteiger partial charge is 0.279 e. The molecule has 2 amide bonds. The third kappa shape index (κ3) is 4.26. The number of hydrogen-bond acceptors (Lipinski definition) is 4. The number of hydrogen-bond donors (Lipinski definition) is 2. The van der Waals surface area contributed by atoms with Gasteiger partial charge < -0.3 is 0 Å². The van der Waals surface area contributed by atoms with Gasteiger partial charge in [0.15, 0.2) is 0 Å². The van der Waals surface area contributed by atoms with Crippen LogP contribution < -0.4 is 10.9 Å². The van der Waals surface area contributed by atoms with Gasteiger partial charge in [-0.25, -0.2) is 0 Å². The number of nitrogens with one attached hydrogen (secondary N) is 2. The number of halogens is 2. The highest BCUT2D eigenvalue weighted by atomic mass is 35.5. The third-order valence-corrected chi connectivity index (χ3v) is 5.72. The summed E-state index contributed by atoms with van der Waals surface area (Å²) in [5.74, 6) is -0.822. The fourth-order valence-electron chi connectivity index (χ4n) is 2.47. The minimum atomic E-state index is -0.360. The summed E-state index contributed by atoms with van der Waals surface area (Å²) in [6.45, 7) is 5.85. The molecule has 0 aliphatic heterocycles. The fraction of sp³-hybridized carbons (Fsp3) is 0.278. The van der Waals surface area contributed by atoms with E-state index in [1.807, 2.05) is 17.7 Å². The molecule has 2 heterocycles. The highest BCUT2D eigenvalue weighted by Gasteiger charge is 2.18. The quantitative estimate of drug-likeness (QED) is 0.616. The van der Waals surface area contributed by atoms with Crippen LogP contribution in [0.4, 0.5) is 0 Å². The predicted octanol–water partition coefficient (Wildman–Crippen LogP) is 4.18. The van der Waals surface area contributed by atoms with E-state index in [0.29, 0.717) is 21.5 Å². The molecule has 3 aromatic rings. The molecular weight excluding hydrogens is 407 g/mol. The second-order valence-corrected chi connectivity index (χ2v) is 8.28. The Morgan fingerprint density at radius 3 is 2.63 bits per heavy atom. The molecule has 142 valence electrons. The second kappa shape index (κ2) is 7.88. The van der Waals surface area contributed by atoms with Gasteiger partial charge in [0.2, 0.25) is 5.91 Å². The Morgan fingerprint density at radius 1 is 1.22 bits per heavy atom. The predicted molar refractivity (Wildman–Crippen MR) is 108 cm³/mol. The molecule has 0 saturated heterocycles. The van der Waals surface area contributed by atoms with E-state index in [9.17, 15) is 9.59 Å². The molecule has 0 aliphatic rings. The van der Waals surface area contributed by atoms with Crippen LogP contribution >= 0.6 is 34.5 Å². The van der Waals surface area contributed by atoms with Crippen LogP contribution in [0.5, 0.6) is 0 Å². The first-order valence-corrected chi connectivity index (χ1v) is 9.84. The summed E-state index contributed by atoms with van der Waals surface area (Å²) in [6, 6.07) is 7.10. The number of nitrogens with zero attached hydrogens (tertiary/aromatic N) is 2. The Bertz CT molecular complexity index is 1030. The molecule has 0 fully saturated rings. The summed E-state index contributed by atoms with van der Waals surface area (Å²) >= 11 is 13.5. The number of carbonyl (C=O) groups excluding carboxylic acids is 2. The molecule has 27 heavy (non-hydrogen) atoms. The van der Waals surface area contributed by atoms with E-state index in [0.717, 1.165) is 21.5 Å². The lowest BCUT2D eigenvalue weighted by atomic mass is 10.2. The summed E-state index contributed by atoms with van der Waals surface area (Å²) in [5.41, 5.74) is 6.56. The molecule has 0 radical (unpaired) electrons. The Balaban J connectivity index is 1.84. The van der Waals surface area contributed by atoms with Gasteiger partial charge in [-0.3, -0.25) is 25.1 Å². The molecule has 0 spiro atoms. The number of amides is 2. The van der Waals surface area contributed by atoms with Gasteiger partial charge in [0.05, 0.1) is 17.1 Å². The first-order valence-electron chi connectivity index (χ1n) is 8.27. The maximum Gasteiger partial charge on any atom is 0.279 e. The monoisotopic (exact) mass is 424 g/mol. The van der Waals surface area contributed by atoms with E-state index in [1.165, 1.54) is 11.3 Å². The Labute approximate surface area is 170 Å². The van der Waals surface area contributed by atoms with Crippen molar-refractivity contribution in [3.05, 3.63) is 50.4 Å². The Morgan fingerprint density at radius 2 is 1.96 bits per heavy atom. The number of fused-ring (bicyclic) bond motifs is 1. The normalized spacial score (nSPS) is 11.2. The summed E-state index contributed by atoms with van der Waals surface area (Å²) in [4.78, 5) is 25.3. The summed E-state index contributed by atoms with van der Waals surface area (Å²) in [5, 5.41) is 6.57. The van der Waals surface area contributed by atoms with Gasteiger partial charge >= 0.3 is 0 Å².